The van der Waals surface area contributed by atoms with Gasteiger partial charge in [0.1, 0.15) is 11.2 Å². The van der Waals surface area contributed by atoms with Gasteiger partial charge in [-0.2, -0.15) is 0 Å². The molecule has 1 fully saturated rings. The topological polar surface area (TPSA) is 95.6 Å². The number of piperazine rings is 1. The van der Waals surface area contributed by atoms with Crippen LogP contribution in [0, 0.1) is 0 Å². The van der Waals surface area contributed by atoms with Crippen LogP contribution in [-0.2, 0) is 4.74 Å². The summed E-state index contributed by atoms with van der Waals surface area (Å²) in [6, 6.07) is 7.25. The second-order valence-corrected chi connectivity index (χ2v) is 7.50. The molecule has 1 aliphatic rings. The quantitative estimate of drug-likeness (QED) is 0.660. The van der Waals surface area contributed by atoms with Crippen molar-refractivity contribution < 1.29 is 14.3 Å². The number of nitrogens with one attached hydrogen (secondary N) is 1. The zero-order chi connectivity index (χ0) is 20.4. The van der Waals surface area contributed by atoms with Crippen molar-refractivity contribution in [2.45, 2.75) is 6.92 Å². The van der Waals surface area contributed by atoms with Gasteiger partial charge in [-0.1, -0.05) is 6.07 Å². The Kier molecular flexibility index (Phi) is 5.30. The van der Waals surface area contributed by atoms with E-state index in [2.05, 4.69) is 9.97 Å². The highest BCUT2D eigenvalue weighted by Gasteiger charge is 2.29. The third-order valence-electron chi connectivity index (χ3n) is 4.85. The summed E-state index contributed by atoms with van der Waals surface area (Å²) in [5.74, 6) is -0.658. The summed E-state index contributed by atoms with van der Waals surface area (Å²) >= 11 is 1.42. The van der Waals surface area contributed by atoms with E-state index in [1.54, 1.807) is 24.1 Å². The first-order valence-electron chi connectivity index (χ1n) is 9.36. The molecule has 1 saturated heterocycles. The highest BCUT2D eigenvalue weighted by Crippen LogP contribution is 2.28. The fourth-order valence-electron chi connectivity index (χ4n) is 3.52. The molecular formula is C20H20N4O4S. The number of aromatic amines is 1. The molecule has 3 aromatic heterocycles. The molecule has 0 aromatic carbocycles. The minimum absolute atomic E-state index is 0.00250. The highest BCUT2D eigenvalue weighted by atomic mass is 32.1. The Bertz CT molecular complexity index is 1100. The van der Waals surface area contributed by atoms with E-state index in [0.717, 1.165) is 0 Å². The van der Waals surface area contributed by atoms with Crippen LogP contribution in [0.1, 0.15) is 27.0 Å². The fourth-order valence-corrected chi connectivity index (χ4v) is 4.21. The lowest BCUT2D eigenvalue weighted by atomic mass is 10.1. The number of anilines is 1. The number of fused-ring (bicyclic) bond motifs is 1. The van der Waals surface area contributed by atoms with Crippen LogP contribution in [0.4, 0.5) is 5.69 Å². The number of hydrogen-bond donors (Lipinski definition) is 1. The number of carbonyl (C=O) groups is 2. The van der Waals surface area contributed by atoms with Gasteiger partial charge in [0.05, 0.1) is 17.2 Å². The number of amides is 1. The summed E-state index contributed by atoms with van der Waals surface area (Å²) in [7, 11) is 0. The zero-order valence-electron chi connectivity index (χ0n) is 15.9. The molecule has 4 heterocycles. The van der Waals surface area contributed by atoms with Crippen molar-refractivity contribution >= 4 is 39.9 Å². The first kappa shape index (κ1) is 19.1. The Balaban J connectivity index is 1.68. The van der Waals surface area contributed by atoms with E-state index in [1.807, 2.05) is 28.5 Å². The monoisotopic (exact) mass is 412 g/mol. The molecule has 0 unspecified atom stereocenters. The van der Waals surface area contributed by atoms with Crippen molar-refractivity contribution in [3.05, 3.63) is 56.6 Å². The van der Waals surface area contributed by atoms with Gasteiger partial charge in [0.15, 0.2) is 0 Å². The van der Waals surface area contributed by atoms with Crippen LogP contribution in [0.3, 0.4) is 0 Å². The molecule has 4 rings (SSSR count). The number of pyridine rings is 2. The molecule has 9 heteroatoms. The van der Waals surface area contributed by atoms with Crippen molar-refractivity contribution in [2.24, 2.45) is 0 Å². The van der Waals surface area contributed by atoms with E-state index < -0.39 is 11.5 Å². The normalized spacial score (nSPS) is 14.2. The van der Waals surface area contributed by atoms with Gasteiger partial charge in [-0.25, -0.2) is 9.78 Å². The standard InChI is InChI=1S/C20H20N4O4S/c1-2-28-20(27)15-16(13-5-3-7-21-17(13)22-18(15)25)23-8-10-24(11-9-23)19(26)14-6-4-12-29-14/h3-7,12H,2,8-11H2,1H3,(H,21,22,25). The first-order chi connectivity index (χ1) is 14.1. The summed E-state index contributed by atoms with van der Waals surface area (Å²) in [4.78, 5) is 49.2. The SMILES string of the molecule is CCOC(=O)c1c(N2CCN(C(=O)c3cccs3)CC2)c2cccnc2[nH]c1=O. The third kappa shape index (κ3) is 3.61. The van der Waals surface area contributed by atoms with Crippen LogP contribution in [-0.4, -0.2) is 59.5 Å². The summed E-state index contributed by atoms with van der Waals surface area (Å²) < 4.78 is 5.13. The number of esters is 1. The van der Waals surface area contributed by atoms with E-state index in [-0.39, 0.29) is 18.1 Å². The van der Waals surface area contributed by atoms with Gasteiger partial charge < -0.3 is 19.5 Å². The van der Waals surface area contributed by atoms with Crippen LogP contribution in [0.5, 0.6) is 0 Å². The molecule has 3 aromatic rings. The van der Waals surface area contributed by atoms with Crippen molar-refractivity contribution in [3.63, 3.8) is 0 Å². The van der Waals surface area contributed by atoms with Crippen molar-refractivity contribution in [2.75, 3.05) is 37.7 Å². The second kappa shape index (κ2) is 8.04. The molecule has 29 heavy (non-hydrogen) atoms. The molecular weight excluding hydrogens is 392 g/mol. The Morgan fingerprint density at radius 2 is 2.00 bits per heavy atom. The van der Waals surface area contributed by atoms with Crippen molar-refractivity contribution in [3.8, 4) is 0 Å². The first-order valence-corrected chi connectivity index (χ1v) is 10.2. The maximum atomic E-state index is 12.7. The highest BCUT2D eigenvalue weighted by molar-refractivity contribution is 7.12. The minimum atomic E-state index is -0.661. The van der Waals surface area contributed by atoms with Crippen molar-refractivity contribution in [1.29, 1.82) is 0 Å². The molecule has 1 amide bonds. The van der Waals surface area contributed by atoms with Gasteiger partial charge in [-0.3, -0.25) is 9.59 Å². The Morgan fingerprint density at radius 1 is 1.21 bits per heavy atom. The smallest absolute Gasteiger partial charge is 0.345 e. The maximum Gasteiger partial charge on any atom is 0.345 e. The number of ether oxygens (including phenoxy) is 1. The number of rotatable bonds is 4. The predicted molar refractivity (Wildman–Crippen MR) is 111 cm³/mol. The van der Waals surface area contributed by atoms with Crippen LogP contribution >= 0.6 is 11.3 Å². The summed E-state index contributed by atoms with van der Waals surface area (Å²) in [5, 5.41) is 2.55. The molecule has 0 bridgehead atoms. The predicted octanol–water partition coefficient (Wildman–Crippen LogP) is 2.12. The van der Waals surface area contributed by atoms with Gasteiger partial charge in [0, 0.05) is 37.8 Å². The number of aromatic nitrogens is 2. The maximum absolute atomic E-state index is 12.7. The van der Waals surface area contributed by atoms with E-state index in [9.17, 15) is 14.4 Å². The lowest BCUT2D eigenvalue weighted by Gasteiger charge is -2.36. The molecule has 0 spiro atoms. The third-order valence-corrected chi connectivity index (χ3v) is 5.71. The summed E-state index contributed by atoms with van der Waals surface area (Å²) in [5.41, 5.74) is 0.378. The van der Waals surface area contributed by atoms with E-state index >= 15 is 0 Å². The van der Waals surface area contributed by atoms with Crippen molar-refractivity contribution in [1.82, 2.24) is 14.9 Å². The van der Waals surface area contributed by atoms with Gasteiger partial charge >= 0.3 is 5.97 Å². The Labute approximate surface area is 170 Å². The molecule has 0 atom stereocenters. The largest absolute Gasteiger partial charge is 0.462 e. The lowest BCUT2D eigenvalue weighted by Crippen LogP contribution is -2.49. The van der Waals surface area contributed by atoms with E-state index in [0.29, 0.717) is 47.8 Å². The van der Waals surface area contributed by atoms with Crippen LogP contribution in [0.15, 0.2) is 40.6 Å². The second-order valence-electron chi connectivity index (χ2n) is 6.55. The number of H-pyrrole nitrogens is 1. The number of hydrogen-bond acceptors (Lipinski definition) is 7. The van der Waals surface area contributed by atoms with E-state index in [4.69, 9.17) is 4.74 Å². The zero-order valence-corrected chi connectivity index (χ0v) is 16.7. The van der Waals surface area contributed by atoms with Gasteiger partial charge in [-0.15, -0.1) is 11.3 Å². The molecule has 1 aliphatic heterocycles. The Morgan fingerprint density at radius 3 is 2.69 bits per heavy atom. The van der Waals surface area contributed by atoms with Crippen LogP contribution < -0.4 is 10.5 Å². The molecule has 0 radical (unpaired) electrons. The molecule has 8 nitrogen and oxygen atoms in total. The summed E-state index contributed by atoms with van der Waals surface area (Å²) in [6.45, 7) is 3.85. The van der Waals surface area contributed by atoms with E-state index in [1.165, 1.54) is 11.3 Å². The van der Waals surface area contributed by atoms with Gasteiger partial charge in [-0.05, 0) is 30.5 Å². The lowest BCUT2D eigenvalue weighted by molar-refractivity contribution is 0.0524. The minimum Gasteiger partial charge on any atom is -0.462 e. The average Bonchev–Trinajstić information content (AvgIpc) is 3.27. The number of thiophene rings is 1. The number of nitrogens with zero attached hydrogens (tertiary/aromatic N) is 3. The molecule has 0 saturated carbocycles. The fraction of sp³-hybridized carbons (Fsp3) is 0.300. The molecule has 0 aliphatic carbocycles. The van der Waals surface area contributed by atoms with Gasteiger partial charge in [0.25, 0.3) is 11.5 Å². The molecule has 1 N–H and O–H groups in total. The van der Waals surface area contributed by atoms with Crippen LogP contribution in [0.25, 0.3) is 11.0 Å². The molecule has 150 valence electrons. The van der Waals surface area contributed by atoms with Gasteiger partial charge in [0.2, 0.25) is 0 Å². The van der Waals surface area contributed by atoms with Crippen LogP contribution in [0.2, 0.25) is 0 Å². The summed E-state index contributed by atoms with van der Waals surface area (Å²) in [6.07, 6.45) is 1.59. The number of carbonyl (C=O) groups excluding carboxylic acids is 2. The average molecular weight is 412 g/mol. The Hall–Kier alpha value is -3.20.